The van der Waals surface area contributed by atoms with E-state index in [2.05, 4.69) is 58.2 Å². The largest absolute Gasteiger partial charge is 0.325 e. The first-order valence-corrected chi connectivity index (χ1v) is 11.4. The molecule has 0 radical (unpaired) electrons. The van der Waals surface area contributed by atoms with Crippen LogP contribution in [0.3, 0.4) is 0 Å². The number of carbonyl (C=O) groups is 1. The van der Waals surface area contributed by atoms with Crippen LogP contribution in [-0.4, -0.2) is 25.9 Å². The number of amides is 1. The van der Waals surface area contributed by atoms with Gasteiger partial charge < -0.3 is 9.88 Å². The molecule has 6 heteroatoms. The SMILES string of the molecule is CC(Sc1nnc(C2CC2)n1Cc1ccccc1)C(=O)Nc1ccc(C(C)C)cc1. The van der Waals surface area contributed by atoms with Crippen molar-refractivity contribution in [1.29, 1.82) is 0 Å². The van der Waals surface area contributed by atoms with E-state index >= 15 is 0 Å². The van der Waals surface area contributed by atoms with Crippen LogP contribution in [0.1, 0.15) is 62.4 Å². The number of nitrogens with zero attached hydrogens (tertiary/aromatic N) is 3. The predicted molar refractivity (Wildman–Crippen MR) is 122 cm³/mol. The van der Waals surface area contributed by atoms with Gasteiger partial charge in [-0.25, -0.2) is 0 Å². The highest BCUT2D eigenvalue weighted by molar-refractivity contribution is 8.00. The molecule has 0 bridgehead atoms. The van der Waals surface area contributed by atoms with Crippen LogP contribution in [0.2, 0.25) is 0 Å². The van der Waals surface area contributed by atoms with Crippen LogP contribution < -0.4 is 5.32 Å². The van der Waals surface area contributed by atoms with Gasteiger partial charge in [-0.1, -0.05) is 68.1 Å². The highest BCUT2D eigenvalue weighted by Gasteiger charge is 2.31. The fourth-order valence-corrected chi connectivity index (χ4v) is 4.21. The van der Waals surface area contributed by atoms with E-state index in [9.17, 15) is 4.79 Å². The Morgan fingerprint density at radius 3 is 2.40 bits per heavy atom. The first-order valence-electron chi connectivity index (χ1n) is 10.6. The molecule has 1 atom stereocenters. The van der Waals surface area contributed by atoms with Gasteiger partial charge in [0.25, 0.3) is 0 Å². The zero-order chi connectivity index (χ0) is 21.1. The highest BCUT2D eigenvalue weighted by atomic mass is 32.2. The molecule has 0 spiro atoms. The van der Waals surface area contributed by atoms with Crippen LogP contribution in [0.25, 0.3) is 0 Å². The monoisotopic (exact) mass is 420 g/mol. The van der Waals surface area contributed by atoms with E-state index in [-0.39, 0.29) is 11.2 Å². The van der Waals surface area contributed by atoms with Gasteiger partial charge in [0, 0.05) is 11.6 Å². The molecule has 5 nitrogen and oxygen atoms in total. The molecule has 1 fully saturated rings. The summed E-state index contributed by atoms with van der Waals surface area (Å²) < 4.78 is 2.18. The lowest BCUT2D eigenvalue weighted by Crippen LogP contribution is -2.23. The van der Waals surface area contributed by atoms with Crippen LogP contribution in [0.15, 0.2) is 59.8 Å². The van der Waals surface area contributed by atoms with Gasteiger partial charge in [0.05, 0.1) is 11.8 Å². The third-order valence-electron chi connectivity index (χ3n) is 5.37. The molecular formula is C24H28N4OS. The maximum atomic E-state index is 12.8. The van der Waals surface area contributed by atoms with Gasteiger partial charge >= 0.3 is 0 Å². The van der Waals surface area contributed by atoms with Crippen molar-refractivity contribution >= 4 is 23.4 Å². The zero-order valence-electron chi connectivity index (χ0n) is 17.7. The van der Waals surface area contributed by atoms with Crippen molar-refractivity contribution in [3.8, 4) is 0 Å². The first-order chi connectivity index (χ1) is 14.5. The lowest BCUT2D eigenvalue weighted by Gasteiger charge is -2.14. The van der Waals surface area contributed by atoms with Crippen molar-refractivity contribution in [3.63, 3.8) is 0 Å². The summed E-state index contributed by atoms with van der Waals surface area (Å²) in [6.45, 7) is 6.97. The molecule has 30 heavy (non-hydrogen) atoms. The lowest BCUT2D eigenvalue weighted by molar-refractivity contribution is -0.115. The lowest BCUT2D eigenvalue weighted by atomic mass is 10.0. The number of rotatable bonds is 8. The fraction of sp³-hybridized carbons (Fsp3) is 0.375. The Morgan fingerprint density at radius 1 is 1.07 bits per heavy atom. The van der Waals surface area contributed by atoms with E-state index in [1.165, 1.54) is 35.7 Å². The number of benzene rings is 2. The van der Waals surface area contributed by atoms with Gasteiger partial charge in [-0.05, 0) is 48.9 Å². The van der Waals surface area contributed by atoms with Crippen molar-refractivity contribution in [3.05, 3.63) is 71.5 Å². The standard InChI is InChI=1S/C24H28N4OS/c1-16(2)19-11-13-21(14-12-19)25-23(29)17(3)30-24-27-26-22(20-9-10-20)28(24)15-18-7-5-4-6-8-18/h4-8,11-14,16-17,20H,9-10,15H2,1-3H3,(H,25,29). The minimum atomic E-state index is -0.277. The summed E-state index contributed by atoms with van der Waals surface area (Å²) in [4.78, 5) is 12.8. The van der Waals surface area contributed by atoms with E-state index < -0.39 is 0 Å². The van der Waals surface area contributed by atoms with Gasteiger partial charge in [0.1, 0.15) is 5.82 Å². The second kappa shape index (κ2) is 9.04. The van der Waals surface area contributed by atoms with Gasteiger partial charge in [-0.3, -0.25) is 4.79 Å². The molecular weight excluding hydrogens is 392 g/mol. The van der Waals surface area contributed by atoms with Crippen molar-refractivity contribution in [2.75, 3.05) is 5.32 Å². The smallest absolute Gasteiger partial charge is 0.237 e. The fourth-order valence-electron chi connectivity index (χ4n) is 3.35. The van der Waals surface area contributed by atoms with Gasteiger partial charge in [-0.15, -0.1) is 10.2 Å². The molecule has 1 unspecified atom stereocenters. The minimum absolute atomic E-state index is 0.0282. The van der Waals surface area contributed by atoms with Crippen molar-refractivity contribution in [1.82, 2.24) is 14.8 Å². The van der Waals surface area contributed by atoms with Crippen LogP contribution in [-0.2, 0) is 11.3 Å². The molecule has 3 aromatic rings. The Bertz CT molecular complexity index is 994. The number of hydrogen-bond donors (Lipinski definition) is 1. The topological polar surface area (TPSA) is 59.8 Å². The van der Waals surface area contributed by atoms with Gasteiger partial charge in [-0.2, -0.15) is 0 Å². The average Bonchev–Trinajstić information content (AvgIpc) is 3.52. The molecule has 2 aromatic carbocycles. The average molecular weight is 421 g/mol. The van der Waals surface area contributed by atoms with E-state index in [0.29, 0.717) is 11.8 Å². The molecule has 156 valence electrons. The maximum absolute atomic E-state index is 12.8. The number of thioether (sulfide) groups is 1. The summed E-state index contributed by atoms with van der Waals surface area (Å²) in [5.74, 6) is 1.98. The number of anilines is 1. The Balaban J connectivity index is 1.45. The highest BCUT2D eigenvalue weighted by Crippen LogP contribution is 2.40. The third-order valence-corrected chi connectivity index (χ3v) is 6.45. The second-order valence-corrected chi connectivity index (χ2v) is 9.52. The molecule has 1 N–H and O–H groups in total. The summed E-state index contributed by atoms with van der Waals surface area (Å²) in [6.07, 6.45) is 2.33. The van der Waals surface area contributed by atoms with Crippen LogP contribution in [0, 0.1) is 0 Å². The van der Waals surface area contributed by atoms with Crippen molar-refractivity contribution in [2.24, 2.45) is 0 Å². The van der Waals surface area contributed by atoms with Crippen LogP contribution in [0.5, 0.6) is 0 Å². The maximum Gasteiger partial charge on any atom is 0.237 e. The number of hydrogen-bond acceptors (Lipinski definition) is 4. The Labute approximate surface area is 182 Å². The summed E-state index contributed by atoms with van der Waals surface area (Å²) in [6, 6.07) is 18.4. The van der Waals surface area contributed by atoms with Gasteiger partial charge in [0.2, 0.25) is 5.91 Å². The molecule has 1 heterocycles. The van der Waals surface area contributed by atoms with E-state index in [0.717, 1.165) is 23.2 Å². The summed E-state index contributed by atoms with van der Waals surface area (Å²) in [5.41, 5.74) is 3.29. The molecule has 1 amide bonds. The number of nitrogens with one attached hydrogen (secondary N) is 1. The van der Waals surface area contributed by atoms with Gasteiger partial charge in [0.15, 0.2) is 5.16 Å². The number of carbonyl (C=O) groups excluding carboxylic acids is 1. The normalized spacial score (nSPS) is 14.7. The first kappa shape index (κ1) is 20.7. The van der Waals surface area contributed by atoms with Crippen LogP contribution >= 0.6 is 11.8 Å². The van der Waals surface area contributed by atoms with E-state index in [4.69, 9.17) is 0 Å². The summed E-state index contributed by atoms with van der Waals surface area (Å²) in [5, 5.41) is 12.4. The van der Waals surface area contributed by atoms with E-state index in [1.807, 2.05) is 37.3 Å². The Kier molecular flexibility index (Phi) is 6.23. The van der Waals surface area contributed by atoms with Crippen LogP contribution in [0.4, 0.5) is 5.69 Å². The number of aromatic nitrogens is 3. The molecule has 4 rings (SSSR count). The molecule has 1 aliphatic rings. The quantitative estimate of drug-likeness (QED) is 0.493. The molecule has 0 saturated heterocycles. The second-order valence-electron chi connectivity index (χ2n) is 8.21. The molecule has 1 aliphatic carbocycles. The summed E-state index contributed by atoms with van der Waals surface area (Å²) in [7, 11) is 0. The molecule has 1 saturated carbocycles. The van der Waals surface area contributed by atoms with Crippen molar-refractivity contribution < 1.29 is 4.79 Å². The van der Waals surface area contributed by atoms with Crippen molar-refractivity contribution in [2.45, 2.75) is 62.4 Å². The molecule has 0 aliphatic heterocycles. The zero-order valence-corrected chi connectivity index (χ0v) is 18.5. The Hall–Kier alpha value is -2.60. The third kappa shape index (κ3) is 4.93. The minimum Gasteiger partial charge on any atom is -0.325 e. The Morgan fingerprint density at radius 2 is 1.77 bits per heavy atom. The predicted octanol–water partition coefficient (Wildman–Crippen LogP) is 5.45. The van der Waals surface area contributed by atoms with E-state index in [1.54, 1.807) is 0 Å². The summed E-state index contributed by atoms with van der Waals surface area (Å²) >= 11 is 1.47. The molecule has 1 aromatic heterocycles.